The SMILES string of the molecule is Cc1ccc(CN2C[C@@H](CO)[C@H](NC(=O)c3ccccc3)C2)o1. The molecule has 2 aromatic rings. The van der Waals surface area contributed by atoms with E-state index in [1.165, 1.54) is 0 Å². The molecule has 1 aromatic heterocycles. The maximum Gasteiger partial charge on any atom is 0.251 e. The molecule has 2 N–H and O–H groups in total. The maximum atomic E-state index is 12.3. The van der Waals surface area contributed by atoms with Gasteiger partial charge in [0, 0.05) is 37.2 Å². The van der Waals surface area contributed by atoms with E-state index in [1.54, 1.807) is 12.1 Å². The molecule has 0 spiro atoms. The lowest BCUT2D eigenvalue weighted by molar-refractivity contribution is 0.0921. The zero-order valence-corrected chi connectivity index (χ0v) is 13.2. The molecule has 3 rings (SSSR count). The van der Waals surface area contributed by atoms with E-state index >= 15 is 0 Å². The molecule has 0 bridgehead atoms. The first-order chi connectivity index (χ1) is 11.2. The Morgan fingerprint density at radius 1 is 1.26 bits per heavy atom. The zero-order chi connectivity index (χ0) is 16.2. The number of furan rings is 1. The van der Waals surface area contributed by atoms with E-state index in [2.05, 4.69) is 10.2 Å². The highest BCUT2D eigenvalue weighted by Crippen LogP contribution is 2.20. The molecular weight excluding hydrogens is 292 g/mol. The minimum Gasteiger partial charge on any atom is -0.465 e. The van der Waals surface area contributed by atoms with Gasteiger partial charge in [0.2, 0.25) is 0 Å². The van der Waals surface area contributed by atoms with Crippen molar-refractivity contribution >= 4 is 5.91 Å². The van der Waals surface area contributed by atoms with Crippen molar-refractivity contribution in [3.05, 3.63) is 59.5 Å². The predicted molar refractivity (Wildman–Crippen MR) is 87.0 cm³/mol. The van der Waals surface area contributed by atoms with Gasteiger partial charge in [-0.05, 0) is 31.2 Å². The van der Waals surface area contributed by atoms with Crippen molar-refractivity contribution in [1.82, 2.24) is 10.2 Å². The fraction of sp³-hybridized carbons (Fsp3) is 0.389. The summed E-state index contributed by atoms with van der Waals surface area (Å²) >= 11 is 0. The van der Waals surface area contributed by atoms with Gasteiger partial charge in [0.1, 0.15) is 11.5 Å². The second kappa shape index (κ2) is 6.98. The van der Waals surface area contributed by atoms with Gasteiger partial charge in [-0.1, -0.05) is 18.2 Å². The minimum atomic E-state index is -0.0928. The van der Waals surface area contributed by atoms with E-state index in [-0.39, 0.29) is 24.5 Å². The molecule has 0 unspecified atom stereocenters. The summed E-state index contributed by atoms with van der Waals surface area (Å²) < 4.78 is 5.61. The molecule has 2 atom stereocenters. The molecule has 0 saturated carbocycles. The lowest BCUT2D eigenvalue weighted by atomic mass is 10.0. The van der Waals surface area contributed by atoms with Gasteiger partial charge in [0.15, 0.2) is 0 Å². The van der Waals surface area contributed by atoms with Crippen LogP contribution < -0.4 is 5.32 Å². The summed E-state index contributed by atoms with van der Waals surface area (Å²) in [5, 5.41) is 12.7. The van der Waals surface area contributed by atoms with Gasteiger partial charge in [-0.2, -0.15) is 0 Å². The number of nitrogens with one attached hydrogen (secondary N) is 1. The minimum absolute atomic E-state index is 0.0405. The number of hydrogen-bond acceptors (Lipinski definition) is 4. The van der Waals surface area contributed by atoms with E-state index in [1.807, 2.05) is 37.3 Å². The Kier molecular flexibility index (Phi) is 4.79. The highest BCUT2D eigenvalue weighted by atomic mass is 16.3. The molecule has 23 heavy (non-hydrogen) atoms. The fourth-order valence-electron chi connectivity index (χ4n) is 3.07. The van der Waals surface area contributed by atoms with Crippen LogP contribution in [-0.2, 0) is 6.54 Å². The molecule has 1 aliphatic rings. The topological polar surface area (TPSA) is 65.7 Å². The summed E-state index contributed by atoms with van der Waals surface area (Å²) in [5.41, 5.74) is 0.643. The number of aryl methyl sites for hydroxylation is 1. The second-order valence-electron chi connectivity index (χ2n) is 6.10. The number of aliphatic hydroxyl groups is 1. The van der Waals surface area contributed by atoms with E-state index in [0.717, 1.165) is 18.1 Å². The zero-order valence-electron chi connectivity index (χ0n) is 13.2. The largest absolute Gasteiger partial charge is 0.465 e. The molecule has 5 heteroatoms. The predicted octanol–water partition coefficient (Wildman–Crippen LogP) is 1.81. The Morgan fingerprint density at radius 2 is 2.04 bits per heavy atom. The summed E-state index contributed by atoms with van der Waals surface area (Å²) in [6.07, 6.45) is 0. The summed E-state index contributed by atoms with van der Waals surface area (Å²) in [5.74, 6) is 1.75. The maximum absolute atomic E-state index is 12.3. The number of aliphatic hydroxyl groups excluding tert-OH is 1. The third kappa shape index (κ3) is 3.81. The smallest absolute Gasteiger partial charge is 0.251 e. The van der Waals surface area contributed by atoms with E-state index < -0.39 is 0 Å². The van der Waals surface area contributed by atoms with Crippen LogP contribution in [0.4, 0.5) is 0 Å². The van der Waals surface area contributed by atoms with Crippen molar-refractivity contribution in [2.24, 2.45) is 5.92 Å². The Bertz CT molecular complexity index is 653. The summed E-state index contributed by atoms with van der Waals surface area (Å²) in [4.78, 5) is 14.5. The molecule has 1 saturated heterocycles. The second-order valence-corrected chi connectivity index (χ2v) is 6.10. The third-order valence-corrected chi connectivity index (χ3v) is 4.28. The lowest BCUT2D eigenvalue weighted by Crippen LogP contribution is -2.41. The van der Waals surface area contributed by atoms with E-state index in [4.69, 9.17) is 4.42 Å². The number of hydrogen-bond donors (Lipinski definition) is 2. The van der Waals surface area contributed by atoms with Gasteiger partial charge < -0.3 is 14.8 Å². The fourth-order valence-corrected chi connectivity index (χ4v) is 3.07. The van der Waals surface area contributed by atoms with Crippen LogP contribution in [0.3, 0.4) is 0 Å². The summed E-state index contributed by atoms with van der Waals surface area (Å²) in [7, 11) is 0. The van der Waals surface area contributed by atoms with Crippen LogP contribution in [0.2, 0.25) is 0 Å². The van der Waals surface area contributed by atoms with Crippen molar-refractivity contribution in [3.63, 3.8) is 0 Å². The van der Waals surface area contributed by atoms with Crippen LogP contribution in [-0.4, -0.2) is 41.7 Å². The lowest BCUT2D eigenvalue weighted by Gasteiger charge is -2.18. The molecule has 2 heterocycles. The average Bonchev–Trinajstić information content (AvgIpc) is 3.14. The van der Waals surface area contributed by atoms with Crippen LogP contribution >= 0.6 is 0 Å². The number of nitrogens with zero attached hydrogens (tertiary/aromatic N) is 1. The highest BCUT2D eigenvalue weighted by molar-refractivity contribution is 5.94. The Labute approximate surface area is 135 Å². The first kappa shape index (κ1) is 15.8. The van der Waals surface area contributed by atoms with Crippen LogP contribution in [0.5, 0.6) is 0 Å². The Morgan fingerprint density at radius 3 is 2.70 bits per heavy atom. The number of benzene rings is 1. The van der Waals surface area contributed by atoms with Crippen LogP contribution in [0.15, 0.2) is 46.9 Å². The molecule has 0 aliphatic carbocycles. The number of carbonyl (C=O) groups is 1. The van der Waals surface area contributed by atoms with Crippen molar-refractivity contribution in [2.45, 2.75) is 19.5 Å². The molecule has 5 nitrogen and oxygen atoms in total. The van der Waals surface area contributed by atoms with Crippen LogP contribution in [0, 0.1) is 12.8 Å². The first-order valence-corrected chi connectivity index (χ1v) is 7.90. The van der Waals surface area contributed by atoms with Crippen molar-refractivity contribution in [3.8, 4) is 0 Å². The molecule has 122 valence electrons. The van der Waals surface area contributed by atoms with Gasteiger partial charge in [-0.3, -0.25) is 9.69 Å². The van der Waals surface area contributed by atoms with Gasteiger partial charge in [-0.15, -0.1) is 0 Å². The van der Waals surface area contributed by atoms with Gasteiger partial charge in [-0.25, -0.2) is 0 Å². The molecule has 1 aliphatic heterocycles. The number of likely N-dealkylation sites (tertiary alicyclic amines) is 1. The third-order valence-electron chi connectivity index (χ3n) is 4.28. The van der Waals surface area contributed by atoms with Crippen molar-refractivity contribution in [1.29, 1.82) is 0 Å². The van der Waals surface area contributed by atoms with Gasteiger partial charge in [0.25, 0.3) is 5.91 Å². The van der Waals surface area contributed by atoms with Crippen molar-refractivity contribution in [2.75, 3.05) is 19.7 Å². The Hall–Kier alpha value is -2.11. The van der Waals surface area contributed by atoms with Gasteiger partial charge in [0.05, 0.1) is 6.54 Å². The Balaban J connectivity index is 1.61. The van der Waals surface area contributed by atoms with Crippen molar-refractivity contribution < 1.29 is 14.3 Å². The number of carbonyl (C=O) groups excluding carboxylic acids is 1. The molecule has 1 aromatic carbocycles. The van der Waals surface area contributed by atoms with E-state index in [9.17, 15) is 9.90 Å². The van der Waals surface area contributed by atoms with Crippen LogP contribution in [0.1, 0.15) is 21.9 Å². The molecule has 1 fully saturated rings. The molecular formula is C18H22N2O3. The summed E-state index contributed by atoms with van der Waals surface area (Å²) in [6, 6.07) is 13.0. The van der Waals surface area contributed by atoms with E-state index in [0.29, 0.717) is 18.7 Å². The number of amides is 1. The normalized spacial score (nSPS) is 21.5. The monoisotopic (exact) mass is 314 g/mol. The average molecular weight is 314 g/mol. The molecule has 0 radical (unpaired) electrons. The number of rotatable bonds is 5. The highest BCUT2D eigenvalue weighted by Gasteiger charge is 2.33. The first-order valence-electron chi connectivity index (χ1n) is 7.90. The quantitative estimate of drug-likeness (QED) is 0.883. The van der Waals surface area contributed by atoms with Gasteiger partial charge >= 0.3 is 0 Å². The standard InChI is InChI=1S/C18H22N2O3/c1-13-7-8-16(23-13)10-20-9-15(12-21)17(11-20)19-18(22)14-5-3-2-4-6-14/h2-8,15,17,21H,9-12H2,1H3,(H,19,22)/t15-,17+/m0/s1. The summed E-state index contributed by atoms with van der Waals surface area (Å²) in [6.45, 7) is 4.14. The van der Waals surface area contributed by atoms with Crippen LogP contribution in [0.25, 0.3) is 0 Å². The molecule has 1 amide bonds.